The van der Waals surface area contributed by atoms with Gasteiger partial charge in [0.25, 0.3) is 0 Å². The highest BCUT2D eigenvalue weighted by molar-refractivity contribution is 7.12. The Morgan fingerprint density at radius 1 is 1.24 bits per heavy atom. The predicted molar refractivity (Wildman–Crippen MR) is 84.9 cm³/mol. The van der Waals surface area contributed by atoms with Crippen LogP contribution in [0.2, 0.25) is 0 Å². The van der Waals surface area contributed by atoms with E-state index in [0.29, 0.717) is 6.04 Å². The summed E-state index contributed by atoms with van der Waals surface area (Å²) in [5, 5.41) is 3.79. The lowest BCUT2D eigenvalue weighted by Gasteiger charge is -2.43. The fraction of sp³-hybridized carbons (Fsp3) is 0.765. The third-order valence-electron chi connectivity index (χ3n) is 5.26. The first kappa shape index (κ1) is 14.2. The molecule has 4 rings (SSSR count). The van der Waals surface area contributed by atoms with Gasteiger partial charge in [-0.1, -0.05) is 0 Å². The molecule has 2 fully saturated rings. The summed E-state index contributed by atoms with van der Waals surface area (Å²) in [5.74, 6) is 0. The molecule has 1 N–H and O–H groups in total. The number of ether oxygens (including phenoxy) is 2. The van der Waals surface area contributed by atoms with Crippen LogP contribution in [0.3, 0.4) is 0 Å². The van der Waals surface area contributed by atoms with E-state index in [-0.39, 0.29) is 5.60 Å². The van der Waals surface area contributed by atoms with E-state index in [1.54, 1.807) is 10.4 Å². The van der Waals surface area contributed by atoms with Crippen LogP contribution >= 0.6 is 11.3 Å². The predicted octanol–water partition coefficient (Wildman–Crippen LogP) is 3.05. The molecule has 3 heterocycles. The SMILES string of the molecule is c1c(CNC2CCOC3(CCOCC3)C2)sc2c1CCC2. The molecular weight excluding hydrogens is 282 g/mol. The second kappa shape index (κ2) is 5.99. The Morgan fingerprint density at radius 2 is 2.14 bits per heavy atom. The van der Waals surface area contributed by atoms with Gasteiger partial charge in [0.15, 0.2) is 0 Å². The standard InChI is InChI=1S/C17H25NO2S/c1-2-13-10-15(21-16(13)3-1)12-18-14-4-7-20-17(11-14)5-8-19-9-6-17/h10,14,18H,1-9,11-12H2. The highest BCUT2D eigenvalue weighted by Gasteiger charge is 2.38. The maximum Gasteiger partial charge on any atom is 0.0741 e. The number of rotatable bonds is 3. The Kier molecular flexibility index (Phi) is 4.05. The van der Waals surface area contributed by atoms with E-state index in [1.165, 1.54) is 24.1 Å². The molecule has 1 unspecified atom stereocenters. The summed E-state index contributed by atoms with van der Waals surface area (Å²) >= 11 is 2.02. The van der Waals surface area contributed by atoms with Crippen molar-refractivity contribution in [2.24, 2.45) is 0 Å². The van der Waals surface area contributed by atoms with Crippen LogP contribution in [0.5, 0.6) is 0 Å². The summed E-state index contributed by atoms with van der Waals surface area (Å²) in [6, 6.07) is 3.04. The van der Waals surface area contributed by atoms with E-state index >= 15 is 0 Å². The first-order valence-electron chi connectivity index (χ1n) is 8.39. The molecule has 0 amide bonds. The van der Waals surface area contributed by atoms with Gasteiger partial charge >= 0.3 is 0 Å². The second-order valence-electron chi connectivity index (χ2n) is 6.73. The number of thiophene rings is 1. The van der Waals surface area contributed by atoms with Crippen LogP contribution < -0.4 is 5.32 Å². The molecule has 3 nitrogen and oxygen atoms in total. The van der Waals surface area contributed by atoms with Crippen molar-refractivity contribution >= 4 is 11.3 Å². The molecule has 21 heavy (non-hydrogen) atoms. The largest absolute Gasteiger partial charge is 0.381 e. The number of hydrogen-bond donors (Lipinski definition) is 1. The Balaban J connectivity index is 1.33. The summed E-state index contributed by atoms with van der Waals surface area (Å²) in [5.41, 5.74) is 1.72. The molecule has 2 saturated heterocycles. The van der Waals surface area contributed by atoms with E-state index in [4.69, 9.17) is 9.47 Å². The van der Waals surface area contributed by atoms with Crippen molar-refractivity contribution in [3.8, 4) is 0 Å². The van der Waals surface area contributed by atoms with Gasteiger partial charge in [-0.05, 0) is 56.6 Å². The Labute approximate surface area is 131 Å². The van der Waals surface area contributed by atoms with E-state index in [2.05, 4.69) is 11.4 Å². The molecule has 3 aliphatic rings. The summed E-state index contributed by atoms with van der Waals surface area (Å²) in [7, 11) is 0. The van der Waals surface area contributed by atoms with Crippen LogP contribution in [0.4, 0.5) is 0 Å². The van der Waals surface area contributed by atoms with Crippen molar-refractivity contribution in [3.63, 3.8) is 0 Å². The zero-order chi connectivity index (χ0) is 14.1. The average Bonchev–Trinajstić information content (AvgIpc) is 3.07. The van der Waals surface area contributed by atoms with Crippen LogP contribution in [0.25, 0.3) is 0 Å². The van der Waals surface area contributed by atoms with E-state index in [0.717, 1.165) is 52.0 Å². The van der Waals surface area contributed by atoms with Gasteiger partial charge in [0.1, 0.15) is 0 Å². The lowest BCUT2D eigenvalue weighted by molar-refractivity contribution is -0.140. The number of fused-ring (bicyclic) bond motifs is 1. The Bertz CT molecular complexity index is 466. The number of nitrogens with one attached hydrogen (secondary N) is 1. The number of aryl methyl sites for hydroxylation is 2. The van der Waals surface area contributed by atoms with Crippen LogP contribution in [0.15, 0.2) is 6.07 Å². The van der Waals surface area contributed by atoms with Crippen molar-refractivity contribution in [3.05, 3.63) is 21.4 Å². The molecule has 1 aliphatic carbocycles. The van der Waals surface area contributed by atoms with E-state index < -0.39 is 0 Å². The van der Waals surface area contributed by atoms with Crippen molar-refractivity contribution < 1.29 is 9.47 Å². The second-order valence-corrected chi connectivity index (χ2v) is 7.95. The molecule has 1 atom stereocenters. The molecular formula is C17H25NO2S. The van der Waals surface area contributed by atoms with Crippen LogP contribution in [-0.2, 0) is 28.9 Å². The molecule has 1 aromatic rings. The zero-order valence-corrected chi connectivity index (χ0v) is 13.5. The van der Waals surface area contributed by atoms with Gasteiger partial charge in [-0.25, -0.2) is 0 Å². The average molecular weight is 307 g/mol. The normalized spacial score (nSPS) is 27.9. The molecule has 1 spiro atoms. The molecule has 1 aromatic heterocycles. The molecule has 116 valence electrons. The molecule has 0 aromatic carbocycles. The van der Waals surface area contributed by atoms with Crippen LogP contribution in [-0.4, -0.2) is 31.5 Å². The molecule has 4 heteroatoms. The third-order valence-corrected chi connectivity index (χ3v) is 6.50. The summed E-state index contributed by atoms with van der Waals surface area (Å²) < 4.78 is 11.6. The fourth-order valence-electron chi connectivity index (χ4n) is 4.02. The van der Waals surface area contributed by atoms with Gasteiger partial charge < -0.3 is 14.8 Å². The quantitative estimate of drug-likeness (QED) is 0.931. The Hall–Kier alpha value is -0.420. The van der Waals surface area contributed by atoms with E-state index in [9.17, 15) is 0 Å². The fourth-order valence-corrected chi connectivity index (χ4v) is 5.23. The van der Waals surface area contributed by atoms with Gasteiger partial charge in [-0.2, -0.15) is 0 Å². The summed E-state index contributed by atoms with van der Waals surface area (Å²) in [6.45, 7) is 3.67. The lowest BCUT2D eigenvalue weighted by Crippen LogP contribution is -2.49. The first-order chi connectivity index (χ1) is 10.3. The summed E-state index contributed by atoms with van der Waals surface area (Å²) in [4.78, 5) is 3.16. The minimum Gasteiger partial charge on any atom is -0.381 e. The van der Waals surface area contributed by atoms with Crippen molar-refractivity contribution in [2.75, 3.05) is 19.8 Å². The summed E-state index contributed by atoms with van der Waals surface area (Å²) in [6.07, 6.45) is 8.40. The minimum atomic E-state index is 0.103. The maximum atomic E-state index is 6.12. The maximum absolute atomic E-state index is 6.12. The topological polar surface area (TPSA) is 30.5 Å². The molecule has 0 bridgehead atoms. The smallest absolute Gasteiger partial charge is 0.0741 e. The van der Waals surface area contributed by atoms with Gasteiger partial charge in [0.2, 0.25) is 0 Å². The minimum absolute atomic E-state index is 0.103. The molecule has 0 saturated carbocycles. The van der Waals surface area contributed by atoms with Gasteiger partial charge in [0.05, 0.1) is 5.60 Å². The van der Waals surface area contributed by atoms with E-state index in [1.807, 2.05) is 11.3 Å². The third kappa shape index (κ3) is 3.04. The first-order valence-corrected chi connectivity index (χ1v) is 9.20. The van der Waals surface area contributed by atoms with Crippen LogP contribution in [0, 0.1) is 0 Å². The Morgan fingerprint density at radius 3 is 3.00 bits per heavy atom. The van der Waals surface area contributed by atoms with Crippen molar-refractivity contribution in [1.29, 1.82) is 0 Å². The van der Waals surface area contributed by atoms with Gasteiger partial charge in [0, 0.05) is 42.2 Å². The monoisotopic (exact) mass is 307 g/mol. The zero-order valence-electron chi connectivity index (χ0n) is 12.7. The molecule has 2 aliphatic heterocycles. The lowest BCUT2D eigenvalue weighted by atomic mass is 9.84. The van der Waals surface area contributed by atoms with Gasteiger partial charge in [-0.15, -0.1) is 11.3 Å². The number of hydrogen-bond acceptors (Lipinski definition) is 4. The van der Waals surface area contributed by atoms with Crippen molar-refractivity contribution in [1.82, 2.24) is 5.32 Å². The van der Waals surface area contributed by atoms with Gasteiger partial charge in [-0.3, -0.25) is 0 Å². The molecule has 0 radical (unpaired) electrons. The van der Waals surface area contributed by atoms with Crippen molar-refractivity contribution in [2.45, 2.75) is 63.1 Å². The highest BCUT2D eigenvalue weighted by Crippen LogP contribution is 2.35. The highest BCUT2D eigenvalue weighted by atomic mass is 32.1. The van der Waals surface area contributed by atoms with Crippen LogP contribution in [0.1, 0.15) is 47.4 Å².